The molecular weight excluding hydrogens is 401 g/mol. The van der Waals surface area contributed by atoms with Crippen molar-refractivity contribution in [2.45, 2.75) is 25.9 Å². The van der Waals surface area contributed by atoms with E-state index in [0.29, 0.717) is 35.7 Å². The summed E-state index contributed by atoms with van der Waals surface area (Å²) in [5.74, 6) is -0.265. The van der Waals surface area contributed by atoms with Gasteiger partial charge in [-0.05, 0) is 37.6 Å². The second kappa shape index (κ2) is 8.48. The first kappa shape index (κ1) is 20.6. The number of benzene rings is 2. The maximum Gasteiger partial charge on any atom is 0.213 e. The Hall–Kier alpha value is -2.14. The Bertz CT molecular complexity index is 1010. The van der Waals surface area contributed by atoms with Crippen LogP contribution in [0.1, 0.15) is 24.5 Å². The van der Waals surface area contributed by atoms with E-state index in [4.69, 9.17) is 16.9 Å². The van der Waals surface area contributed by atoms with E-state index in [9.17, 15) is 12.8 Å². The van der Waals surface area contributed by atoms with Gasteiger partial charge in [-0.15, -0.1) is 0 Å². The predicted molar refractivity (Wildman–Crippen MR) is 108 cm³/mol. The van der Waals surface area contributed by atoms with Crippen LogP contribution in [0.5, 0.6) is 0 Å². The zero-order valence-electron chi connectivity index (χ0n) is 15.5. The van der Waals surface area contributed by atoms with Crippen LogP contribution in [0.25, 0.3) is 0 Å². The molecule has 2 aromatic carbocycles. The summed E-state index contributed by atoms with van der Waals surface area (Å²) >= 11 is 6.21. The highest BCUT2D eigenvalue weighted by atomic mass is 35.5. The third-order valence-electron chi connectivity index (χ3n) is 5.03. The van der Waals surface area contributed by atoms with Gasteiger partial charge < -0.3 is 4.90 Å². The fraction of sp³-hybridized carbons (Fsp3) is 0.350. The average Bonchev–Trinajstić information content (AvgIpc) is 3.18. The molecule has 148 valence electrons. The molecule has 0 spiro atoms. The van der Waals surface area contributed by atoms with Gasteiger partial charge in [0.25, 0.3) is 0 Å². The Morgan fingerprint density at radius 1 is 1.32 bits per heavy atom. The topological polar surface area (TPSA) is 64.4 Å². The van der Waals surface area contributed by atoms with E-state index in [1.807, 2.05) is 11.0 Å². The predicted octanol–water partition coefficient (Wildman–Crippen LogP) is 3.78. The van der Waals surface area contributed by atoms with E-state index in [1.165, 1.54) is 10.4 Å². The van der Waals surface area contributed by atoms with Crippen LogP contribution in [0.3, 0.4) is 0 Å². The molecule has 0 unspecified atom stereocenters. The molecule has 1 fully saturated rings. The molecule has 1 atom stereocenters. The molecule has 2 aromatic rings. The van der Waals surface area contributed by atoms with Crippen LogP contribution >= 0.6 is 11.6 Å². The van der Waals surface area contributed by atoms with E-state index in [2.05, 4.69) is 0 Å². The minimum absolute atomic E-state index is 0.0513. The van der Waals surface area contributed by atoms with Gasteiger partial charge in [-0.25, -0.2) is 12.8 Å². The normalized spacial score (nSPS) is 17.4. The van der Waals surface area contributed by atoms with Crippen LogP contribution in [0, 0.1) is 17.1 Å². The number of nitriles is 1. The number of rotatable bonds is 6. The van der Waals surface area contributed by atoms with Gasteiger partial charge in [-0.1, -0.05) is 29.8 Å². The highest BCUT2D eigenvalue weighted by Gasteiger charge is 2.34. The zero-order valence-corrected chi connectivity index (χ0v) is 17.0. The first-order valence-electron chi connectivity index (χ1n) is 9.03. The second-order valence-electron chi connectivity index (χ2n) is 6.70. The van der Waals surface area contributed by atoms with Crippen molar-refractivity contribution in [3.8, 4) is 6.07 Å². The van der Waals surface area contributed by atoms with E-state index >= 15 is 0 Å². The number of hydrogen-bond acceptors (Lipinski definition) is 4. The third kappa shape index (κ3) is 4.30. The maximum atomic E-state index is 14.3. The van der Waals surface area contributed by atoms with E-state index in [1.54, 1.807) is 43.3 Å². The summed E-state index contributed by atoms with van der Waals surface area (Å²) in [6.45, 7) is 2.67. The van der Waals surface area contributed by atoms with E-state index < -0.39 is 10.0 Å². The molecule has 0 aliphatic carbocycles. The lowest BCUT2D eigenvalue weighted by Gasteiger charge is -2.32. The van der Waals surface area contributed by atoms with Crippen LogP contribution < -0.4 is 4.90 Å². The number of halogens is 2. The van der Waals surface area contributed by atoms with Gasteiger partial charge in [0.1, 0.15) is 11.9 Å². The number of sulfonamides is 1. The molecule has 1 aliphatic heterocycles. The van der Waals surface area contributed by atoms with E-state index in [0.717, 1.165) is 5.69 Å². The largest absolute Gasteiger partial charge is 0.363 e. The molecular formula is C20H21ClFN3O2S. The van der Waals surface area contributed by atoms with Crippen molar-refractivity contribution in [1.82, 2.24) is 4.31 Å². The minimum atomic E-state index is -3.28. The third-order valence-corrected chi connectivity index (χ3v) is 7.19. The number of nitrogens with zero attached hydrogens (tertiary/aromatic N) is 3. The van der Waals surface area contributed by atoms with Crippen LogP contribution in [-0.4, -0.2) is 37.6 Å². The lowest BCUT2D eigenvalue weighted by molar-refractivity contribution is 0.468. The molecule has 0 amide bonds. The minimum Gasteiger partial charge on any atom is -0.363 e. The molecule has 0 N–H and O–H groups in total. The zero-order chi connectivity index (χ0) is 20.3. The average molecular weight is 422 g/mol. The summed E-state index contributed by atoms with van der Waals surface area (Å²) in [7, 11) is -3.28. The van der Waals surface area contributed by atoms with Crippen molar-refractivity contribution in [3.63, 3.8) is 0 Å². The lowest BCUT2D eigenvalue weighted by atomic mass is 10.1. The van der Waals surface area contributed by atoms with Gasteiger partial charge in [0.2, 0.25) is 10.0 Å². The fourth-order valence-electron chi connectivity index (χ4n) is 3.41. The molecule has 1 aliphatic rings. The first-order valence-corrected chi connectivity index (χ1v) is 11.0. The Labute approximate surface area is 170 Å². The summed E-state index contributed by atoms with van der Waals surface area (Å²) < 4.78 is 40.2. The number of hydrogen-bond donors (Lipinski definition) is 0. The first-order chi connectivity index (χ1) is 13.4. The maximum absolute atomic E-state index is 14.3. The van der Waals surface area contributed by atoms with Gasteiger partial charge in [-0.2, -0.15) is 9.57 Å². The fourth-order valence-corrected chi connectivity index (χ4v) is 4.78. The molecule has 0 saturated carbocycles. The Morgan fingerprint density at radius 3 is 2.71 bits per heavy atom. The molecule has 8 heteroatoms. The van der Waals surface area contributed by atoms with Gasteiger partial charge in [0.15, 0.2) is 0 Å². The van der Waals surface area contributed by atoms with Crippen molar-refractivity contribution in [3.05, 3.63) is 64.4 Å². The summed E-state index contributed by atoms with van der Waals surface area (Å²) in [4.78, 5) is 1.97. The van der Waals surface area contributed by atoms with Crippen LogP contribution in [0.2, 0.25) is 5.02 Å². The van der Waals surface area contributed by atoms with Crippen LogP contribution in [-0.2, 0) is 16.6 Å². The lowest BCUT2D eigenvalue weighted by Crippen LogP contribution is -2.39. The van der Waals surface area contributed by atoms with Crippen molar-refractivity contribution >= 4 is 27.3 Å². The summed E-state index contributed by atoms with van der Waals surface area (Å²) in [5, 5.41) is 9.43. The SMILES string of the molecule is CCS(=O)(=O)N1CC[C@H](N(Cc2ccccc2F)c2ccc(C#N)c(Cl)c2)C1. The molecule has 1 heterocycles. The summed E-state index contributed by atoms with van der Waals surface area (Å²) in [6.07, 6.45) is 0.630. The Kier molecular flexibility index (Phi) is 6.23. The molecule has 0 aromatic heterocycles. The standard InChI is InChI=1S/C20H21ClFN3O2S/c1-2-28(26,27)24-10-9-18(14-24)25(13-16-5-3-4-6-20(16)22)17-8-7-15(12-23)19(21)11-17/h3-8,11,18H,2,9-10,13-14H2,1H3/t18-/m0/s1. The molecule has 5 nitrogen and oxygen atoms in total. The summed E-state index contributed by atoms with van der Waals surface area (Å²) in [6, 6.07) is 13.5. The Balaban J connectivity index is 1.95. The highest BCUT2D eigenvalue weighted by Crippen LogP contribution is 2.30. The van der Waals surface area contributed by atoms with Crippen molar-refractivity contribution in [1.29, 1.82) is 5.26 Å². The van der Waals surface area contributed by atoms with Crippen LogP contribution in [0.4, 0.5) is 10.1 Å². The molecule has 28 heavy (non-hydrogen) atoms. The van der Waals surface area contributed by atoms with Crippen LogP contribution in [0.15, 0.2) is 42.5 Å². The molecule has 0 radical (unpaired) electrons. The highest BCUT2D eigenvalue weighted by molar-refractivity contribution is 7.89. The van der Waals surface area contributed by atoms with Gasteiger partial charge >= 0.3 is 0 Å². The molecule has 0 bridgehead atoms. The summed E-state index contributed by atoms with van der Waals surface area (Å²) in [5.41, 5.74) is 1.60. The number of anilines is 1. The van der Waals surface area contributed by atoms with Gasteiger partial charge in [0.05, 0.1) is 16.3 Å². The van der Waals surface area contributed by atoms with Crippen molar-refractivity contribution in [2.24, 2.45) is 0 Å². The van der Waals surface area contributed by atoms with Crippen molar-refractivity contribution in [2.75, 3.05) is 23.7 Å². The molecule has 1 saturated heterocycles. The Morgan fingerprint density at radius 2 is 2.07 bits per heavy atom. The van der Waals surface area contributed by atoms with Gasteiger partial charge in [0, 0.05) is 36.9 Å². The van der Waals surface area contributed by atoms with E-state index in [-0.39, 0.29) is 24.2 Å². The van der Waals surface area contributed by atoms with Gasteiger partial charge in [-0.3, -0.25) is 0 Å². The van der Waals surface area contributed by atoms with Crippen molar-refractivity contribution < 1.29 is 12.8 Å². The second-order valence-corrected chi connectivity index (χ2v) is 9.36. The quantitative estimate of drug-likeness (QED) is 0.712. The smallest absolute Gasteiger partial charge is 0.213 e. The monoisotopic (exact) mass is 421 g/mol. The molecule has 3 rings (SSSR count).